The molecule has 0 nitrogen and oxygen atoms in total. The molecule has 0 heterocycles. The van der Waals surface area contributed by atoms with E-state index in [1.54, 1.807) is 0 Å². The SMILES string of the molecule is C[C-](C)C.C[C-](C)C.[CH2-]C(C)(C)C.[CH2-]C(C)(C)C.[Y].[Y]. The first kappa shape index (κ1) is 38.0. The minimum Gasteiger partial charge on any atom is -0.338 e. The zero-order valence-electron chi connectivity index (χ0n) is 16.6. The van der Waals surface area contributed by atoms with Gasteiger partial charge in [-0.2, -0.15) is 52.4 Å². The van der Waals surface area contributed by atoms with E-state index in [2.05, 4.69) is 96.9 Å². The summed E-state index contributed by atoms with van der Waals surface area (Å²) in [6.45, 7) is 32.5. The first-order valence-corrected chi connectivity index (χ1v) is 6.71. The maximum absolute atomic E-state index is 3.77. The van der Waals surface area contributed by atoms with E-state index in [0.717, 1.165) is 0 Å². The molecular weight excluding hydrogens is 394 g/mol. The van der Waals surface area contributed by atoms with Crippen molar-refractivity contribution >= 4 is 0 Å². The van der Waals surface area contributed by atoms with Gasteiger partial charge in [0, 0.05) is 65.4 Å². The van der Waals surface area contributed by atoms with Crippen LogP contribution in [-0.4, -0.2) is 0 Å². The molecule has 0 aromatic rings. The van der Waals surface area contributed by atoms with Gasteiger partial charge in [-0.15, -0.1) is 0 Å². The van der Waals surface area contributed by atoms with Crippen molar-refractivity contribution in [3.63, 3.8) is 0 Å². The van der Waals surface area contributed by atoms with E-state index >= 15 is 0 Å². The average Bonchev–Trinajstić information content (AvgIpc) is 1.70. The molecule has 0 saturated carbocycles. The maximum Gasteiger partial charge on any atom is 0 e. The first-order chi connectivity index (χ1) is 7.46. The fraction of sp³-hybridized carbons (Fsp3) is 0.778. The van der Waals surface area contributed by atoms with Crippen LogP contribution in [0.4, 0.5) is 0 Å². The van der Waals surface area contributed by atoms with Crippen molar-refractivity contribution in [2.45, 2.75) is 83.1 Å². The molecule has 0 aliphatic rings. The summed E-state index contributed by atoms with van der Waals surface area (Å²) in [7, 11) is 0. The van der Waals surface area contributed by atoms with Crippen LogP contribution in [0.5, 0.6) is 0 Å². The maximum atomic E-state index is 3.77. The molecule has 0 aliphatic heterocycles. The van der Waals surface area contributed by atoms with Crippen LogP contribution in [0.1, 0.15) is 83.1 Å². The monoisotopic (exact) mass is 434 g/mol. The second-order valence-corrected chi connectivity index (χ2v) is 8.12. The van der Waals surface area contributed by atoms with Gasteiger partial charge in [-0.05, 0) is 0 Å². The van der Waals surface area contributed by atoms with Crippen LogP contribution in [0.15, 0.2) is 0 Å². The van der Waals surface area contributed by atoms with Crippen LogP contribution in [0.2, 0.25) is 0 Å². The Balaban J connectivity index is -0.0000000318. The normalized spacial score (nSPS) is 9.60. The quantitative estimate of drug-likeness (QED) is 0.361. The van der Waals surface area contributed by atoms with Gasteiger partial charge in [-0.25, -0.2) is 0 Å². The molecule has 0 aromatic carbocycles. The summed E-state index contributed by atoms with van der Waals surface area (Å²) in [4.78, 5) is 0. The van der Waals surface area contributed by atoms with Crippen molar-refractivity contribution in [1.82, 2.24) is 0 Å². The van der Waals surface area contributed by atoms with Gasteiger partial charge in [0.05, 0.1) is 0 Å². The summed E-state index contributed by atoms with van der Waals surface area (Å²) >= 11 is 0. The third kappa shape index (κ3) is 1530. The van der Waals surface area contributed by atoms with Crippen molar-refractivity contribution in [3.05, 3.63) is 25.7 Å². The minimum absolute atomic E-state index is 0. The molecule has 2 radical (unpaired) electrons. The molecule has 0 unspecified atom stereocenters. The van der Waals surface area contributed by atoms with Crippen LogP contribution in [0.3, 0.4) is 0 Å². The largest absolute Gasteiger partial charge is 0.338 e. The smallest absolute Gasteiger partial charge is 0 e. The van der Waals surface area contributed by atoms with Gasteiger partial charge in [0.1, 0.15) is 0 Å². The Morgan fingerprint density at radius 2 is 0.500 bits per heavy atom. The van der Waals surface area contributed by atoms with Crippen molar-refractivity contribution in [3.8, 4) is 0 Å². The Bertz CT molecular complexity index is 101. The molecule has 0 aliphatic carbocycles. The molecule has 122 valence electrons. The van der Waals surface area contributed by atoms with E-state index in [-0.39, 0.29) is 76.2 Å². The molecule has 0 bridgehead atoms. The number of hydrogen-bond donors (Lipinski definition) is 0. The van der Waals surface area contributed by atoms with Crippen LogP contribution in [0, 0.1) is 36.5 Å². The molecule has 0 amide bonds. The second kappa shape index (κ2) is 21.2. The predicted molar refractivity (Wildman–Crippen MR) is 90.2 cm³/mol. The van der Waals surface area contributed by atoms with Gasteiger partial charge in [-0.3, -0.25) is 0 Å². The summed E-state index contributed by atoms with van der Waals surface area (Å²) in [6, 6.07) is 0. The minimum atomic E-state index is 0. The van der Waals surface area contributed by atoms with Crippen LogP contribution < -0.4 is 0 Å². The Hall–Kier alpha value is 2.21. The van der Waals surface area contributed by atoms with E-state index in [0.29, 0.717) is 0 Å². The summed E-state index contributed by atoms with van der Waals surface area (Å²) in [6.07, 6.45) is 0. The van der Waals surface area contributed by atoms with E-state index in [1.807, 2.05) is 0 Å². The zero-order chi connectivity index (χ0) is 16.2. The van der Waals surface area contributed by atoms with Crippen LogP contribution in [0.25, 0.3) is 0 Å². The molecular formula is C18H40Y2-4. The molecule has 2 heteroatoms. The van der Waals surface area contributed by atoms with Crippen molar-refractivity contribution in [1.29, 1.82) is 0 Å². The molecule has 0 saturated heterocycles. The molecule has 0 N–H and O–H groups in total. The molecule has 0 fully saturated rings. The molecule has 0 aromatic heterocycles. The summed E-state index contributed by atoms with van der Waals surface area (Å²) in [5.74, 6) is 2.83. The fourth-order valence-electron chi connectivity index (χ4n) is 0. The topological polar surface area (TPSA) is 0 Å². The fourth-order valence-corrected chi connectivity index (χ4v) is 0. The number of rotatable bonds is 0. The first-order valence-electron chi connectivity index (χ1n) is 6.71. The predicted octanol–water partition coefficient (Wildman–Crippen LogP) is 6.97. The van der Waals surface area contributed by atoms with Gasteiger partial charge in [0.25, 0.3) is 0 Å². The molecule has 0 spiro atoms. The van der Waals surface area contributed by atoms with Gasteiger partial charge in [-0.1, -0.05) is 41.5 Å². The van der Waals surface area contributed by atoms with Gasteiger partial charge >= 0.3 is 0 Å². The average molecular weight is 434 g/mol. The summed E-state index contributed by atoms with van der Waals surface area (Å²) < 4.78 is 0. The second-order valence-electron chi connectivity index (χ2n) is 8.12. The van der Waals surface area contributed by atoms with Gasteiger partial charge in [0.2, 0.25) is 0 Å². The van der Waals surface area contributed by atoms with E-state index in [4.69, 9.17) is 0 Å². The van der Waals surface area contributed by atoms with Crippen LogP contribution in [-0.2, 0) is 65.4 Å². The Morgan fingerprint density at radius 1 is 0.500 bits per heavy atom. The third-order valence-corrected chi connectivity index (χ3v) is 0. The molecule has 20 heavy (non-hydrogen) atoms. The van der Waals surface area contributed by atoms with E-state index in [9.17, 15) is 0 Å². The Morgan fingerprint density at radius 3 is 0.500 bits per heavy atom. The Kier molecular flexibility index (Phi) is 40.3. The molecule has 0 atom stereocenters. The van der Waals surface area contributed by atoms with Crippen molar-refractivity contribution < 1.29 is 65.4 Å². The molecule has 0 rings (SSSR count). The number of hydrogen-bond acceptors (Lipinski definition) is 0. The van der Waals surface area contributed by atoms with Gasteiger partial charge in [0.15, 0.2) is 0 Å². The van der Waals surface area contributed by atoms with Gasteiger partial charge < -0.3 is 25.7 Å². The van der Waals surface area contributed by atoms with E-state index in [1.165, 1.54) is 11.8 Å². The third-order valence-electron chi connectivity index (χ3n) is 0. The van der Waals surface area contributed by atoms with Crippen LogP contribution >= 0.6 is 0 Å². The van der Waals surface area contributed by atoms with Crippen molar-refractivity contribution in [2.24, 2.45) is 10.8 Å². The Labute approximate surface area is 183 Å². The zero-order valence-corrected chi connectivity index (χ0v) is 22.2. The summed E-state index contributed by atoms with van der Waals surface area (Å²) in [5.41, 5.74) is 0.500. The van der Waals surface area contributed by atoms with Crippen molar-refractivity contribution in [2.75, 3.05) is 0 Å². The van der Waals surface area contributed by atoms with E-state index < -0.39 is 0 Å². The standard InChI is InChI=1S/2C5H11.2C4H9.2Y/c2*1-5(2,3)4;2*1-4(2)3;;/h2*1H2,2-4H3;2*1-3H3;;/q4*-1;;. The summed E-state index contributed by atoms with van der Waals surface area (Å²) in [5, 5.41) is 0.